The Kier molecular flexibility index (Phi) is 3.79. The molecule has 2 nitrogen and oxygen atoms in total. The van der Waals surface area contributed by atoms with Crippen LogP contribution in [-0.4, -0.2) is 11.5 Å². The maximum absolute atomic E-state index is 13.8. The van der Waals surface area contributed by atoms with Gasteiger partial charge in [-0.05, 0) is 48.6 Å². The minimum absolute atomic E-state index is 0.258. The highest BCUT2D eigenvalue weighted by molar-refractivity contribution is 5.65. The Bertz CT molecular complexity index is 610. The summed E-state index contributed by atoms with van der Waals surface area (Å²) in [6.07, 6.45) is 6.26. The van der Waals surface area contributed by atoms with Crippen molar-refractivity contribution in [2.24, 2.45) is 0 Å². The largest absolute Gasteiger partial charge is 0.310 e. The first-order chi connectivity index (χ1) is 9.79. The molecule has 1 N–H and O–H groups in total. The lowest BCUT2D eigenvalue weighted by Crippen LogP contribution is -2.19. The van der Waals surface area contributed by atoms with E-state index in [0.29, 0.717) is 11.6 Å². The molecule has 104 valence electrons. The minimum atomic E-state index is -0.258. The zero-order chi connectivity index (χ0) is 13.9. The van der Waals surface area contributed by atoms with Crippen LogP contribution in [0.1, 0.15) is 36.9 Å². The fraction of sp³-hybridized carbons (Fsp3) is 0.353. The molecule has 1 aromatic carbocycles. The van der Waals surface area contributed by atoms with Crippen molar-refractivity contribution >= 4 is 0 Å². The van der Waals surface area contributed by atoms with E-state index in [1.807, 2.05) is 6.07 Å². The molecule has 0 radical (unpaired) electrons. The van der Waals surface area contributed by atoms with E-state index in [4.69, 9.17) is 0 Å². The number of hydrogen-bond donors (Lipinski definition) is 1. The van der Waals surface area contributed by atoms with E-state index >= 15 is 0 Å². The van der Waals surface area contributed by atoms with E-state index in [1.165, 1.54) is 17.3 Å². The summed E-state index contributed by atoms with van der Waals surface area (Å²) < 4.78 is 13.8. The number of aromatic nitrogens is 1. The smallest absolute Gasteiger partial charge is 0.149 e. The molecule has 1 atom stereocenters. The number of aryl methyl sites for hydroxylation is 1. The molecule has 3 rings (SSSR count). The van der Waals surface area contributed by atoms with Gasteiger partial charge >= 0.3 is 0 Å². The summed E-state index contributed by atoms with van der Waals surface area (Å²) in [5.41, 5.74) is 4.29. The molecule has 1 unspecified atom stereocenters. The van der Waals surface area contributed by atoms with Crippen LogP contribution in [0.2, 0.25) is 0 Å². The van der Waals surface area contributed by atoms with Crippen LogP contribution < -0.4 is 5.32 Å². The second-order valence-electron chi connectivity index (χ2n) is 5.31. The van der Waals surface area contributed by atoms with Crippen molar-refractivity contribution in [3.63, 3.8) is 0 Å². The van der Waals surface area contributed by atoms with Crippen LogP contribution in [0, 0.1) is 5.82 Å². The molecule has 0 saturated carbocycles. The first-order valence-electron chi connectivity index (χ1n) is 7.25. The Morgan fingerprint density at radius 1 is 1.35 bits per heavy atom. The number of hydrogen-bond acceptors (Lipinski definition) is 2. The van der Waals surface area contributed by atoms with E-state index in [0.717, 1.165) is 31.4 Å². The lowest BCUT2D eigenvalue weighted by atomic mass is 10.00. The quantitative estimate of drug-likeness (QED) is 0.912. The van der Waals surface area contributed by atoms with E-state index in [2.05, 4.69) is 29.4 Å². The van der Waals surface area contributed by atoms with Crippen molar-refractivity contribution in [2.45, 2.75) is 32.2 Å². The summed E-state index contributed by atoms with van der Waals surface area (Å²) in [5, 5.41) is 3.57. The normalized spacial score (nSPS) is 17.2. The van der Waals surface area contributed by atoms with Gasteiger partial charge in [0.05, 0.1) is 6.20 Å². The molecule has 0 bridgehead atoms. The van der Waals surface area contributed by atoms with Gasteiger partial charge in [0.1, 0.15) is 5.82 Å². The van der Waals surface area contributed by atoms with Crippen molar-refractivity contribution < 1.29 is 4.39 Å². The third-order valence-corrected chi connectivity index (χ3v) is 3.94. The average molecular weight is 270 g/mol. The molecular weight excluding hydrogens is 251 g/mol. The van der Waals surface area contributed by atoms with Gasteiger partial charge < -0.3 is 5.32 Å². The van der Waals surface area contributed by atoms with Gasteiger partial charge in [-0.3, -0.25) is 4.98 Å². The summed E-state index contributed by atoms with van der Waals surface area (Å²) in [7, 11) is 0. The molecular formula is C17H19FN2. The number of fused-ring (bicyclic) bond motifs is 1. The van der Waals surface area contributed by atoms with Crippen LogP contribution in [0.15, 0.2) is 36.7 Å². The van der Waals surface area contributed by atoms with Crippen LogP contribution in [0.3, 0.4) is 0 Å². The predicted octanol–water partition coefficient (Wildman–Crippen LogP) is 3.87. The molecule has 0 aliphatic heterocycles. The second kappa shape index (κ2) is 5.71. The van der Waals surface area contributed by atoms with E-state index in [-0.39, 0.29) is 5.82 Å². The monoisotopic (exact) mass is 270 g/mol. The summed E-state index contributed by atoms with van der Waals surface area (Å²) in [5.74, 6) is -0.258. The summed E-state index contributed by atoms with van der Waals surface area (Å²) in [6, 6.07) is 8.48. The fourth-order valence-electron chi connectivity index (χ4n) is 2.92. The highest BCUT2D eigenvalue weighted by Crippen LogP contribution is 2.34. The molecule has 3 heteroatoms. The van der Waals surface area contributed by atoms with Gasteiger partial charge in [0, 0.05) is 17.8 Å². The zero-order valence-electron chi connectivity index (χ0n) is 11.7. The van der Waals surface area contributed by atoms with Gasteiger partial charge in [0.15, 0.2) is 0 Å². The molecule has 0 fully saturated rings. The topological polar surface area (TPSA) is 24.9 Å². The molecule has 0 saturated heterocycles. The van der Waals surface area contributed by atoms with Crippen LogP contribution in [0.25, 0.3) is 11.1 Å². The lowest BCUT2D eigenvalue weighted by Gasteiger charge is -2.13. The van der Waals surface area contributed by atoms with Crippen LogP contribution in [0.4, 0.5) is 4.39 Å². The molecule has 2 aromatic rings. The summed E-state index contributed by atoms with van der Waals surface area (Å²) >= 11 is 0. The number of nitrogens with one attached hydrogen (secondary N) is 1. The Balaban J connectivity index is 1.90. The molecule has 1 heterocycles. The summed E-state index contributed by atoms with van der Waals surface area (Å²) in [6.45, 7) is 3.23. The van der Waals surface area contributed by atoms with Gasteiger partial charge in [0.2, 0.25) is 0 Å². The van der Waals surface area contributed by atoms with Crippen molar-refractivity contribution in [1.82, 2.24) is 10.3 Å². The van der Waals surface area contributed by atoms with Crippen LogP contribution >= 0.6 is 0 Å². The molecule has 20 heavy (non-hydrogen) atoms. The van der Waals surface area contributed by atoms with Crippen LogP contribution in [0.5, 0.6) is 0 Å². The Morgan fingerprint density at radius 3 is 3.05 bits per heavy atom. The van der Waals surface area contributed by atoms with E-state index in [9.17, 15) is 4.39 Å². The second-order valence-corrected chi connectivity index (χ2v) is 5.31. The van der Waals surface area contributed by atoms with E-state index < -0.39 is 0 Å². The molecule has 1 aliphatic rings. The first kappa shape index (κ1) is 13.3. The number of pyridine rings is 1. The number of rotatable bonds is 4. The van der Waals surface area contributed by atoms with Crippen molar-refractivity contribution in [2.75, 3.05) is 6.54 Å². The number of halogens is 1. The summed E-state index contributed by atoms with van der Waals surface area (Å²) in [4.78, 5) is 3.80. The molecule has 0 amide bonds. The standard InChI is InChI=1S/C17H19FN2/c1-2-8-20-17-6-4-13-10-12(3-5-15(13)17)14-7-9-19-11-16(14)18/h3,5,7,9-11,17,20H,2,4,6,8H2,1H3. The molecule has 0 spiro atoms. The highest BCUT2D eigenvalue weighted by Gasteiger charge is 2.22. The molecule has 1 aliphatic carbocycles. The maximum atomic E-state index is 13.8. The Hall–Kier alpha value is -1.74. The average Bonchev–Trinajstić information content (AvgIpc) is 2.88. The molecule has 1 aromatic heterocycles. The number of nitrogens with zero attached hydrogens (tertiary/aromatic N) is 1. The van der Waals surface area contributed by atoms with E-state index in [1.54, 1.807) is 12.3 Å². The zero-order valence-corrected chi connectivity index (χ0v) is 11.7. The van der Waals surface area contributed by atoms with Gasteiger partial charge in [-0.25, -0.2) is 4.39 Å². The minimum Gasteiger partial charge on any atom is -0.310 e. The Morgan fingerprint density at radius 2 is 2.25 bits per heavy atom. The number of benzene rings is 1. The van der Waals surface area contributed by atoms with Crippen LogP contribution in [-0.2, 0) is 6.42 Å². The lowest BCUT2D eigenvalue weighted by molar-refractivity contribution is 0.529. The third kappa shape index (κ3) is 2.46. The van der Waals surface area contributed by atoms with Crippen molar-refractivity contribution in [3.8, 4) is 11.1 Å². The predicted molar refractivity (Wildman–Crippen MR) is 79.0 cm³/mol. The third-order valence-electron chi connectivity index (χ3n) is 3.94. The van der Waals surface area contributed by atoms with Crippen molar-refractivity contribution in [1.29, 1.82) is 0 Å². The van der Waals surface area contributed by atoms with Gasteiger partial charge in [-0.1, -0.05) is 25.1 Å². The first-order valence-corrected chi connectivity index (χ1v) is 7.25. The highest BCUT2D eigenvalue weighted by atomic mass is 19.1. The fourth-order valence-corrected chi connectivity index (χ4v) is 2.92. The van der Waals surface area contributed by atoms with Gasteiger partial charge in [0.25, 0.3) is 0 Å². The Labute approximate surface area is 119 Å². The van der Waals surface area contributed by atoms with Crippen molar-refractivity contribution in [3.05, 3.63) is 53.6 Å². The maximum Gasteiger partial charge on any atom is 0.149 e. The SMILES string of the molecule is CCCNC1CCc2cc(-c3ccncc3F)ccc21. The van der Waals surface area contributed by atoms with Gasteiger partial charge in [-0.2, -0.15) is 0 Å². The van der Waals surface area contributed by atoms with Gasteiger partial charge in [-0.15, -0.1) is 0 Å².